The molecule has 0 aromatic heterocycles. The van der Waals surface area contributed by atoms with Crippen molar-refractivity contribution in [3.8, 4) is 5.75 Å². The fourth-order valence-electron chi connectivity index (χ4n) is 6.67. The Bertz CT molecular complexity index is 1300. The van der Waals surface area contributed by atoms with Crippen LogP contribution in [0.1, 0.15) is 54.4 Å². The highest BCUT2D eigenvalue weighted by molar-refractivity contribution is 6.02. The molecule has 3 amide bonds. The van der Waals surface area contributed by atoms with E-state index in [1.165, 1.54) is 4.90 Å². The summed E-state index contributed by atoms with van der Waals surface area (Å²) in [5.74, 6) is -3.04. The van der Waals surface area contributed by atoms with Crippen molar-refractivity contribution in [1.29, 1.82) is 0 Å². The number of benzene rings is 1. The van der Waals surface area contributed by atoms with Gasteiger partial charge in [0.2, 0.25) is 17.6 Å². The van der Waals surface area contributed by atoms with E-state index in [1.54, 1.807) is 12.1 Å². The Morgan fingerprint density at radius 1 is 1.28 bits per heavy atom. The molecule has 1 aromatic carbocycles. The SMILES string of the molecule is CCC1CCOc2c(C(=O)NC3CN4C(N)=N[C@@H](CN5C(=O)CCC5=O)[C@@H]5[NH+]=C(N)NC54C3(O)O)cccc21. The number of imide groups is 1. The molecule has 1 spiro atoms. The molecule has 2 saturated heterocycles. The van der Waals surface area contributed by atoms with Crippen molar-refractivity contribution in [3.05, 3.63) is 29.3 Å². The second kappa shape index (κ2) is 8.81. The van der Waals surface area contributed by atoms with E-state index >= 15 is 0 Å². The summed E-state index contributed by atoms with van der Waals surface area (Å²) in [6.07, 6.45) is 1.98. The number of ether oxygens (including phenoxy) is 1. The van der Waals surface area contributed by atoms with Crippen LogP contribution in [0.5, 0.6) is 5.75 Å². The van der Waals surface area contributed by atoms with Gasteiger partial charge in [-0.1, -0.05) is 19.1 Å². The zero-order valence-electron chi connectivity index (χ0n) is 21.5. The number of amides is 3. The highest BCUT2D eigenvalue weighted by Crippen LogP contribution is 2.42. The van der Waals surface area contributed by atoms with E-state index in [0.717, 1.165) is 23.3 Å². The zero-order valence-corrected chi connectivity index (χ0v) is 21.5. The first-order chi connectivity index (χ1) is 18.6. The molecular formula is C25H33N8O6+. The number of hydrogen-bond acceptors (Lipinski definition) is 11. The molecule has 6 rings (SSSR count). The number of fused-ring (bicyclic) bond motifs is 1. The molecule has 5 aliphatic rings. The minimum absolute atomic E-state index is 0.0366. The van der Waals surface area contributed by atoms with Crippen LogP contribution in [0.2, 0.25) is 0 Å². The van der Waals surface area contributed by atoms with Gasteiger partial charge in [0.25, 0.3) is 11.6 Å². The standard InChI is InChI=1S/C25H32N8O6/c1-2-12-8-9-39-19-13(12)4-3-5-14(19)21(36)29-16-11-33-23(27)28-15(10-32-17(34)6-7-18(32)35)20-24(33,25(16,37)38)31-22(26)30-20/h3-5,12,15-16,20,37-38H,2,6-11H2,1H3,(H2,27,28)(H,29,36)(H3,26,30,31)/p+1/t12?,15-,16?,20-,24?/m0/s1. The van der Waals surface area contributed by atoms with Gasteiger partial charge >= 0.3 is 5.96 Å². The minimum Gasteiger partial charge on any atom is -0.492 e. The lowest BCUT2D eigenvalue weighted by Gasteiger charge is -2.46. The summed E-state index contributed by atoms with van der Waals surface area (Å²) in [6, 6.07) is 2.41. The van der Waals surface area contributed by atoms with E-state index in [4.69, 9.17) is 16.2 Å². The molecule has 5 heterocycles. The molecule has 14 nitrogen and oxygen atoms in total. The molecule has 5 atom stereocenters. The molecule has 39 heavy (non-hydrogen) atoms. The van der Waals surface area contributed by atoms with Gasteiger partial charge in [-0.15, -0.1) is 0 Å². The Morgan fingerprint density at radius 2 is 2.03 bits per heavy atom. The van der Waals surface area contributed by atoms with Gasteiger partial charge in [-0.05, 0) is 30.4 Å². The van der Waals surface area contributed by atoms with Crippen LogP contribution in [0, 0.1) is 0 Å². The molecule has 5 aliphatic heterocycles. The molecule has 1 aromatic rings. The number of rotatable bonds is 5. The normalized spacial score (nSPS) is 32.5. The van der Waals surface area contributed by atoms with Crippen LogP contribution in [0.15, 0.2) is 23.2 Å². The summed E-state index contributed by atoms with van der Waals surface area (Å²) < 4.78 is 5.88. The Kier molecular flexibility index (Phi) is 5.73. The topological polar surface area (TPSA) is 210 Å². The maximum absolute atomic E-state index is 13.5. The van der Waals surface area contributed by atoms with Gasteiger partial charge in [0.15, 0.2) is 12.0 Å². The highest BCUT2D eigenvalue weighted by atomic mass is 16.5. The Balaban J connectivity index is 1.31. The highest BCUT2D eigenvalue weighted by Gasteiger charge is 2.76. The molecule has 14 heteroatoms. The molecule has 0 saturated carbocycles. The Hall–Kier alpha value is -3.91. The molecule has 0 radical (unpaired) electrons. The molecule has 9 N–H and O–H groups in total. The third-order valence-corrected chi connectivity index (χ3v) is 8.65. The van der Waals surface area contributed by atoms with Crippen LogP contribution >= 0.6 is 0 Å². The number of nitrogens with zero attached hydrogens (tertiary/aromatic N) is 3. The molecular weight excluding hydrogens is 508 g/mol. The van der Waals surface area contributed by atoms with Crippen molar-refractivity contribution < 1.29 is 34.3 Å². The number of carbonyl (C=O) groups excluding carboxylic acids is 3. The van der Waals surface area contributed by atoms with Crippen molar-refractivity contribution in [2.45, 2.75) is 68.1 Å². The Labute approximate surface area is 224 Å². The van der Waals surface area contributed by atoms with E-state index in [-0.39, 0.29) is 55.6 Å². The number of nitrogens with one attached hydrogen (secondary N) is 3. The van der Waals surface area contributed by atoms with Crippen LogP contribution in [0.4, 0.5) is 0 Å². The third-order valence-electron chi connectivity index (χ3n) is 8.65. The fraction of sp³-hybridized carbons (Fsp3) is 0.560. The van der Waals surface area contributed by atoms with Crippen molar-refractivity contribution in [2.75, 3.05) is 19.7 Å². The summed E-state index contributed by atoms with van der Waals surface area (Å²) >= 11 is 0. The van der Waals surface area contributed by atoms with Crippen LogP contribution < -0.4 is 31.8 Å². The third kappa shape index (κ3) is 3.58. The van der Waals surface area contributed by atoms with Crippen LogP contribution in [-0.4, -0.2) is 98.9 Å². The predicted octanol–water partition coefficient (Wildman–Crippen LogP) is -4.03. The van der Waals surface area contributed by atoms with Gasteiger partial charge < -0.3 is 26.0 Å². The van der Waals surface area contributed by atoms with Gasteiger partial charge in [-0.3, -0.25) is 34.9 Å². The van der Waals surface area contributed by atoms with Crippen molar-refractivity contribution in [2.24, 2.45) is 16.5 Å². The zero-order chi connectivity index (χ0) is 27.7. The van der Waals surface area contributed by atoms with Gasteiger partial charge in [-0.2, -0.15) is 0 Å². The first-order valence-electron chi connectivity index (χ1n) is 13.2. The molecule has 208 valence electrons. The lowest BCUT2D eigenvalue weighted by atomic mass is 9.84. The van der Waals surface area contributed by atoms with Gasteiger partial charge in [0, 0.05) is 12.8 Å². The number of carbonyl (C=O) groups is 3. The van der Waals surface area contributed by atoms with Crippen molar-refractivity contribution in [3.63, 3.8) is 0 Å². The second-order valence-electron chi connectivity index (χ2n) is 10.7. The van der Waals surface area contributed by atoms with E-state index in [9.17, 15) is 24.6 Å². The van der Waals surface area contributed by atoms with Crippen LogP contribution in [0.25, 0.3) is 0 Å². The average Bonchev–Trinajstić information content (AvgIpc) is 3.50. The predicted molar refractivity (Wildman–Crippen MR) is 136 cm³/mol. The number of likely N-dealkylation sites (tertiary alicyclic amines) is 1. The summed E-state index contributed by atoms with van der Waals surface area (Å²) in [5.41, 5.74) is 11.9. The fourth-order valence-corrected chi connectivity index (χ4v) is 6.67. The number of nitrogens with two attached hydrogens (primary N) is 2. The molecule has 3 unspecified atom stereocenters. The van der Waals surface area contributed by atoms with E-state index in [2.05, 4.69) is 27.5 Å². The first-order valence-corrected chi connectivity index (χ1v) is 13.2. The summed E-state index contributed by atoms with van der Waals surface area (Å²) in [6.45, 7) is 2.36. The first kappa shape index (κ1) is 25.4. The lowest BCUT2D eigenvalue weighted by Crippen LogP contribution is -2.90. The van der Waals surface area contributed by atoms with Gasteiger partial charge in [-0.25, -0.2) is 10.3 Å². The minimum atomic E-state index is -2.61. The Morgan fingerprint density at radius 3 is 2.74 bits per heavy atom. The molecule has 0 aliphatic carbocycles. The van der Waals surface area contributed by atoms with Crippen LogP contribution in [-0.2, 0) is 9.59 Å². The average molecular weight is 542 g/mol. The van der Waals surface area contributed by atoms with Crippen molar-refractivity contribution >= 4 is 29.6 Å². The number of para-hydroxylation sites is 1. The smallest absolute Gasteiger partial charge is 0.343 e. The van der Waals surface area contributed by atoms with Crippen LogP contribution in [0.3, 0.4) is 0 Å². The lowest BCUT2D eigenvalue weighted by molar-refractivity contribution is -0.521. The number of hydrogen-bond donors (Lipinski definition) is 7. The van der Waals surface area contributed by atoms with E-state index in [0.29, 0.717) is 17.9 Å². The van der Waals surface area contributed by atoms with E-state index in [1.807, 2.05) is 6.07 Å². The quantitative estimate of drug-likeness (QED) is 0.142. The molecule has 0 bridgehead atoms. The monoisotopic (exact) mass is 541 g/mol. The van der Waals surface area contributed by atoms with E-state index < -0.39 is 35.5 Å². The second-order valence-corrected chi connectivity index (χ2v) is 10.7. The summed E-state index contributed by atoms with van der Waals surface area (Å²) in [5, 5.41) is 29.0. The molecule has 2 fully saturated rings. The maximum atomic E-state index is 13.5. The van der Waals surface area contributed by atoms with Gasteiger partial charge in [0.1, 0.15) is 17.8 Å². The maximum Gasteiger partial charge on any atom is 0.343 e. The number of aliphatic imine (C=N–C) groups is 1. The summed E-state index contributed by atoms with van der Waals surface area (Å²) in [7, 11) is 0. The largest absolute Gasteiger partial charge is 0.492 e. The van der Waals surface area contributed by atoms with Crippen molar-refractivity contribution in [1.82, 2.24) is 20.4 Å². The number of aliphatic hydroxyl groups is 2. The summed E-state index contributed by atoms with van der Waals surface area (Å²) in [4.78, 5) is 48.1. The number of guanidine groups is 2. The van der Waals surface area contributed by atoms with Gasteiger partial charge in [0.05, 0.1) is 25.3 Å².